The average molecular weight is 159 g/mol. The van der Waals surface area contributed by atoms with Gasteiger partial charge >= 0.3 is 0 Å². The maximum absolute atomic E-state index is 8.49. The largest absolute Gasteiger partial charge is 0.250 e. The SMILES string of the molecule is CC(C#N)CCS(C)(C)C. The Labute approximate surface area is 65.7 Å². The Morgan fingerprint density at radius 3 is 2.20 bits per heavy atom. The summed E-state index contributed by atoms with van der Waals surface area (Å²) in [5.41, 5.74) is 0. The first-order chi connectivity index (χ1) is 4.45. The molecule has 0 amide bonds. The maximum Gasteiger partial charge on any atom is 0.0653 e. The third-order valence-corrected chi connectivity index (χ3v) is 2.84. The van der Waals surface area contributed by atoms with Gasteiger partial charge in [-0.15, -0.1) is 0 Å². The van der Waals surface area contributed by atoms with Crippen LogP contribution in [-0.4, -0.2) is 24.5 Å². The van der Waals surface area contributed by atoms with Crippen LogP contribution in [0.25, 0.3) is 0 Å². The highest BCUT2D eigenvalue weighted by atomic mass is 32.3. The number of rotatable bonds is 3. The molecule has 0 fully saturated rings. The molecule has 0 saturated carbocycles. The molecule has 1 unspecified atom stereocenters. The van der Waals surface area contributed by atoms with Gasteiger partial charge in [0.05, 0.1) is 6.07 Å². The fourth-order valence-electron chi connectivity index (χ4n) is 0.595. The number of hydrogen-bond acceptors (Lipinski definition) is 1. The van der Waals surface area contributed by atoms with E-state index in [0.717, 1.165) is 6.42 Å². The average Bonchev–Trinajstić information content (AvgIpc) is 1.81. The number of hydrogen-bond donors (Lipinski definition) is 0. The Morgan fingerprint density at radius 1 is 1.40 bits per heavy atom. The van der Waals surface area contributed by atoms with Crippen molar-refractivity contribution in [3.05, 3.63) is 0 Å². The van der Waals surface area contributed by atoms with Crippen molar-refractivity contribution in [1.29, 1.82) is 5.26 Å². The van der Waals surface area contributed by atoms with Crippen LogP contribution in [0.4, 0.5) is 0 Å². The molecule has 0 N–H and O–H groups in total. The third kappa shape index (κ3) is 5.97. The quantitative estimate of drug-likeness (QED) is 0.619. The van der Waals surface area contributed by atoms with Gasteiger partial charge in [0, 0.05) is 5.92 Å². The Kier molecular flexibility index (Phi) is 3.81. The summed E-state index contributed by atoms with van der Waals surface area (Å²) in [5.74, 6) is 1.47. The van der Waals surface area contributed by atoms with Gasteiger partial charge in [-0.25, -0.2) is 10.0 Å². The summed E-state index contributed by atoms with van der Waals surface area (Å²) >= 11 is 0. The van der Waals surface area contributed by atoms with Crippen LogP contribution in [-0.2, 0) is 0 Å². The zero-order valence-electron chi connectivity index (χ0n) is 7.35. The Hall–Kier alpha value is -0.160. The molecular weight excluding hydrogens is 142 g/mol. The Balaban J connectivity index is 3.48. The van der Waals surface area contributed by atoms with E-state index in [0.29, 0.717) is 0 Å². The molecule has 60 valence electrons. The molecule has 0 heterocycles. The van der Waals surface area contributed by atoms with Crippen LogP contribution in [0.2, 0.25) is 0 Å². The zero-order valence-corrected chi connectivity index (χ0v) is 8.16. The highest BCUT2D eigenvalue weighted by Gasteiger charge is 2.06. The zero-order chi connectivity index (χ0) is 8.20. The van der Waals surface area contributed by atoms with Crippen LogP contribution in [0, 0.1) is 17.2 Å². The van der Waals surface area contributed by atoms with E-state index in [9.17, 15) is 0 Å². The lowest BCUT2D eigenvalue weighted by molar-refractivity contribution is 0.718. The molecule has 0 aromatic heterocycles. The second-order valence-electron chi connectivity index (χ2n) is 3.61. The third-order valence-electron chi connectivity index (χ3n) is 1.38. The van der Waals surface area contributed by atoms with Crippen molar-refractivity contribution in [1.82, 2.24) is 0 Å². The summed E-state index contributed by atoms with van der Waals surface area (Å²) in [4.78, 5) is 0. The van der Waals surface area contributed by atoms with Crippen molar-refractivity contribution < 1.29 is 0 Å². The smallest absolute Gasteiger partial charge is 0.0653 e. The standard InChI is InChI=1S/C8H17NS/c1-8(7-9)5-6-10(2,3)4/h8H,5-6H2,1-4H3. The van der Waals surface area contributed by atoms with E-state index in [1.807, 2.05) is 6.92 Å². The van der Waals surface area contributed by atoms with Gasteiger partial charge in [0.1, 0.15) is 0 Å². The first-order valence-electron chi connectivity index (χ1n) is 3.51. The van der Waals surface area contributed by atoms with Gasteiger partial charge in [-0.3, -0.25) is 0 Å². The molecule has 2 heteroatoms. The van der Waals surface area contributed by atoms with E-state index in [1.165, 1.54) is 5.75 Å². The highest BCUT2D eigenvalue weighted by Crippen LogP contribution is 2.35. The van der Waals surface area contributed by atoms with E-state index in [1.54, 1.807) is 0 Å². The predicted octanol–water partition coefficient (Wildman–Crippen LogP) is 2.23. The van der Waals surface area contributed by atoms with Crippen molar-refractivity contribution >= 4 is 10.0 Å². The summed E-state index contributed by atoms with van der Waals surface area (Å²) in [6, 6.07) is 2.25. The molecule has 1 atom stereocenters. The molecular formula is C8H17NS. The second kappa shape index (κ2) is 3.88. The lowest BCUT2D eigenvalue weighted by atomic mass is 10.1. The summed E-state index contributed by atoms with van der Waals surface area (Å²) in [7, 11) is -0.380. The Morgan fingerprint density at radius 2 is 1.90 bits per heavy atom. The van der Waals surface area contributed by atoms with Crippen LogP contribution in [0.1, 0.15) is 13.3 Å². The molecule has 0 saturated heterocycles. The highest BCUT2D eigenvalue weighted by molar-refractivity contribution is 8.32. The number of nitrogens with zero attached hydrogens (tertiary/aromatic N) is 1. The minimum Gasteiger partial charge on any atom is -0.250 e. The molecule has 1 nitrogen and oxygen atoms in total. The summed E-state index contributed by atoms with van der Waals surface area (Å²) in [5, 5.41) is 8.49. The van der Waals surface area contributed by atoms with Gasteiger partial charge < -0.3 is 0 Å². The van der Waals surface area contributed by atoms with Gasteiger partial charge in [-0.1, -0.05) is 0 Å². The molecule has 0 radical (unpaired) electrons. The van der Waals surface area contributed by atoms with E-state index in [-0.39, 0.29) is 15.9 Å². The van der Waals surface area contributed by atoms with E-state index >= 15 is 0 Å². The fraction of sp³-hybridized carbons (Fsp3) is 0.875. The topological polar surface area (TPSA) is 23.8 Å². The first-order valence-corrected chi connectivity index (χ1v) is 6.54. The lowest BCUT2D eigenvalue weighted by Gasteiger charge is -2.25. The minimum atomic E-state index is -0.380. The van der Waals surface area contributed by atoms with Crippen molar-refractivity contribution in [3.8, 4) is 6.07 Å². The van der Waals surface area contributed by atoms with Crippen LogP contribution in [0.3, 0.4) is 0 Å². The van der Waals surface area contributed by atoms with Crippen molar-refractivity contribution in [2.75, 3.05) is 24.5 Å². The van der Waals surface area contributed by atoms with E-state index in [2.05, 4.69) is 24.8 Å². The van der Waals surface area contributed by atoms with Gasteiger partial charge in [-0.05, 0) is 37.9 Å². The maximum atomic E-state index is 8.49. The molecule has 10 heavy (non-hydrogen) atoms. The van der Waals surface area contributed by atoms with Crippen LogP contribution < -0.4 is 0 Å². The monoisotopic (exact) mass is 159 g/mol. The molecule has 0 aliphatic rings. The van der Waals surface area contributed by atoms with Crippen molar-refractivity contribution in [3.63, 3.8) is 0 Å². The molecule has 0 aliphatic carbocycles. The normalized spacial score (nSPS) is 15.9. The predicted molar refractivity (Wildman–Crippen MR) is 49.6 cm³/mol. The Bertz CT molecular complexity index is 129. The summed E-state index contributed by atoms with van der Waals surface area (Å²) < 4.78 is 0. The molecule has 0 rings (SSSR count). The molecule has 0 spiro atoms. The van der Waals surface area contributed by atoms with Gasteiger partial charge in [-0.2, -0.15) is 5.26 Å². The second-order valence-corrected chi connectivity index (χ2v) is 8.20. The molecule has 0 aromatic carbocycles. The summed E-state index contributed by atoms with van der Waals surface area (Å²) in [6.45, 7) is 1.99. The molecule has 0 aromatic rings. The van der Waals surface area contributed by atoms with Crippen molar-refractivity contribution in [2.45, 2.75) is 13.3 Å². The lowest BCUT2D eigenvalue weighted by Crippen LogP contribution is -2.02. The van der Waals surface area contributed by atoms with Crippen LogP contribution >= 0.6 is 10.0 Å². The van der Waals surface area contributed by atoms with E-state index < -0.39 is 0 Å². The molecule has 0 bridgehead atoms. The van der Waals surface area contributed by atoms with Crippen LogP contribution in [0.15, 0.2) is 0 Å². The van der Waals surface area contributed by atoms with Gasteiger partial charge in [0.15, 0.2) is 0 Å². The number of nitriles is 1. The van der Waals surface area contributed by atoms with Crippen molar-refractivity contribution in [2.24, 2.45) is 5.92 Å². The van der Waals surface area contributed by atoms with Gasteiger partial charge in [0.2, 0.25) is 0 Å². The summed E-state index contributed by atoms with van der Waals surface area (Å²) in [6.07, 6.45) is 7.93. The van der Waals surface area contributed by atoms with Crippen LogP contribution in [0.5, 0.6) is 0 Å². The van der Waals surface area contributed by atoms with Gasteiger partial charge in [0.25, 0.3) is 0 Å². The van der Waals surface area contributed by atoms with E-state index in [4.69, 9.17) is 5.26 Å². The fourth-order valence-corrected chi connectivity index (χ4v) is 1.66. The first kappa shape index (κ1) is 9.84. The molecule has 0 aliphatic heterocycles. The minimum absolute atomic E-state index is 0.242.